The van der Waals surface area contributed by atoms with E-state index in [2.05, 4.69) is 30.5 Å². The van der Waals surface area contributed by atoms with Crippen molar-refractivity contribution in [2.75, 3.05) is 5.32 Å². The van der Waals surface area contributed by atoms with E-state index in [1.165, 1.54) is 5.56 Å². The third-order valence-corrected chi connectivity index (χ3v) is 5.04. The van der Waals surface area contributed by atoms with Crippen LogP contribution in [0.5, 0.6) is 0 Å². The summed E-state index contributed by atoms with van der Waals surface area (Å²) in [6.45, 7) is 4.33. The summed E-state index contributed by atoms with van der Waals surface area (Å²) in [4.78, 5) is 12.5. The summed E-state index contributed by atoms with van der Waals surface area (Å²) in [6.07, 6.45) is 1.03. The molecule has 1 unspecified atom stereocenters. The van der Waals surface area contributed by atoms with Gasteiger partial charge in [-0.15, -0.1) is 0 Å². The molecule has 1 atom stereocenters. The topological polar surface area (TPSA) is 41.1 Å². The normalized spacial score (nSPS) is 11.5. The van der Waals surface area contributed by atoms with E-state index in [9.17, 15) is 4.79 Å². The molecule has 0 aromatic heterocycles. The molecule has 0 aliphatic heterocycles. The van der Waals surface area contributed by atoms with Crippen LogP contribution in [0.2, 0.25) is 0 Å². The van der Waals surface area contributed by atoms with Crippen LogP contribution >= 0.6 is 12.2 Å². The SMILES string of the molecule is CCC(C)c1ccccc1NC(=S)NC(=O)c1ccc(-c2ccccc2)cc1. The van der Waals surface area contributed by atoms with Gasteiger partial charge in [0.15, 0.2) is 5.11 Å². The van der Waals surface area contributed by atoms with E-state index < -0.39 is 0 Å². The summed E-state index contributed by atoms with van der Waals surface area (Å²) in [6, 6.07) is 25.6. The van der Waals surface area contributed by atoms with Crippen molar-refractivity contribution in [3.8, 4) is 11.1 Å². The Kier molecular flexibility index (Phi) is 6.56. The second-order valence-corrected chi connectivity index (χ2v) is 7.16. The average molecular weight is 389 g/mol. The third kappa shape index (κ3) is 4.84. The number of carbonyl (C=O) groups excluding carboxylic acids is 1. The summed E-state index contributed by atoms with van der Waals surface area (Å²) < 4.78 is 0. The van der Waals surface area contributed by atoms with Crippen LogP contribution in [0.4, 0.5) is 5.69 Å². The lowest BCUT2D eigenvalue weighted by Crippen LogP contribution is -2.34. The maximum Gasteiger partial charge on any atom is 0.257 e. The van der Waals surface area contributed by atoms with Gasteiger partial charge in [-0.05, 0) is 59.4 Å². The number of carbonyl (C=O) groups is 1. The zero-order chi connectivity index (χ0) is 19.9. The first-order chi connectivity index (χ1) is 13.6. The van der Waals surface area contributed by atoms with Crippen LogP contribution in [-0.2, 0) is 0 Å². The number of benzene rings is 3. The second kappa shape index (κ2) is 9.29. The zero-order valence-corrected chi connectivity index (χ0v) is 16.9. The predicted molar refractivity (Wildman–Crippen MR) is 121 cm³/mol. The zero-order valence-electron chi connectivity index (χ0n) is 16.1. The molecule has 0 saturated heterocycles. The van der Waals surface area contributed by atoms with Gasteiger partial charge in [0.25, 0.3) is 5.91 Å². The van der Waals surface area contributed by atoms with Gasteiger partial charge >= 0.3 is 0 Å². The smallest absolute Gasteiger partial charge is 0.257 e. The second-order valence-electron chi connectivity index (χ2n) is 6.75. The standard InChI is InChI=1S/C24H24N2OS/c1-3-17(2)21-11-7-8-12-22(21)25-24(28)26-23(27)20-15-13-19(14-16-20)18-9-5-4-6-10-18/h4-17H,3H2,1-2H3,(H2,25,26,27,28). The molecule has 3 nitrogen and oxygen atoms in total. The van der Waals surface area contributed by atoms with Crippen molar-refractivity contribution in [2.45, 2.75) is 26.2 Å². The summed E-state index contributed by atoms with van der Waals surface area (Å²) in [5, 5.41) is 6.23. The lowest BCUT2D eigenvalue weighted by atomic mass is 9.97. The van der Waals surface area contributed by atoms with Gasteiger partial charge in [-0.25, -0.2) is 0 Å². The average Bonchev–Trinajstić information content (AvgIpc) is 2.74. The van der Waals surface area contributed by atoms with Gasteiger partial charge in [-0.3, -0.25) is 10.1 Å². The van der Waals surface area contributed by atoms with Crippen molar-refractivity contribution < 1.29 is 4.79 Å². The minimum Gasteiger partial charge on any atom is -0.332 e. The summed E-state index contributed by atoms with van der Waals surface area (Å²) in [5.74, 6) is 0.186. The quantitative estimate of drug-likeness (QED) is 0.527. The highest BCUT2D eigenvalue weighted by molar-refractivity contribution is 7.80. The van der Waals surface area contributed by atoms with Crippen molar-refractivity contribution in [1.29, 1.82) is 0 Å². The van der Waals surface area contributed by atoms with Crippen LogP contribution in [0, 0.1) is 0 Å². The molecule has 0 heterocycles. The molecule has 3 rings (SSSR count). The van der Waals surface area contributed by atoms with E-state index in [1.54, 1.807) is 0 Å². The van der Waals surface area contributed by atoms with E-state index in [-0.39, 0.29) is 5.91 Å². The number of para-hydroxylation sites is 1. The van der Waals surface area contributed by atoms with Gasteiger partial charge in [0.2, 0.25) is 0 Å². The number of thiocarbonyl (C=S) groups is 1. The molecule has 0 radical (unpaired) electrons. The van der Waals surface area contributed by atoms with Crippen LogP contribution in [0.3, 0.4) is 0 Å². The minimum atomic E-state index is -0.224. The number of anilines is 1. The lowest BCUT2D eigenvalue weighted by molar-refractivity contribution is 0.0978. The van der Waals surface area contributed by atoms with Gasteiger partial charge in [0, 0.05) is 11.3 Å². The van der Waals surface area contributed by atoms with E-state index in [0.717, 1.165) is 23.2 Å². The Hall–Kier alpha value is -2.98. The molecule has 142 valence electrons. The van der Waals surface area contributed by atoms with Crippen molar-refractivity contribution in [3.05, 3.63) is 90.0 Å². The molecule has 2 N–H and O–H groups in total. The van der Waals surface area contributed by atoms with Crippen molar-refractivity contribution in [2.24, 2.45) is 0 Å². The largest absolute Gasteiger partial charge is 0.332 e. The van der Waals surface area contributed by atoms with Gasteiger partial charge in [-0.2, -0.15) is 0 Å². The van der Waals surface area contributed by atoms with Crippen LogP contribution in [0.15, 0.2) is 78.9 Å². The van der Waals surface area contributed by atoms with Gasteiger partial charge in [0.1, 0.15) is 0 Å². The molecular weight excluding hydrogens is 364 g/mol. The highest BCUT2D eigenvalue weighted by atomic mass is 32.1. The van der Waals surface area contributed by atoms with E-state index >= 15 is 0 Å². The highest BCUT2D eigenvalue weighted by Crippen LogP contribution is 2.26. The van der Waals surface area contributed by atoms with Crippen molar-refractivity contribution >= 4 is 28.9 Å². The van der Waals surface area contributed by atoms with Crippen LogP contribution in [-0.4, -0.2) is 11.0 Å². The summed E-state index contributed by atoms with van der Waals surface area (Å²) in [5.41, 5.74) is 4.88. The monoisotopic (exact) mass is 388 g/mol. The number of hydrogen-bond donors (Lipinski definition) is 2. The lowest BCUT2D eigenvalue weighted by Gasteiger charge is -2.17. The van der Waals surface area contributed by atoms with E-state index in [1.807, 2.05) is 72.8 Å². The van der Waals surface area contributed by atoms with Crippen LogP contribution in [0.25, 0.3) is 11.1 Å². The Morgan fingerprint density at radius 3 is 2.18 bits per heavy atom. The first-order valence-corrected chi connectivity index (χ1v) is 9.86. The Balaban J connectivity index is 1.66. The van der Waals surface area contributed by atoms with Crippen LogP contribution < -0.4 is 10.6 Å². The minimum absolute atomic E-state index is 0.224. The predicted octanol–water partition coefficient (Wildman–Crippen LogP) is 5.99. The molecule has 0 bridgehead atoms. The molecule has 0 saturated carbocycles. The Labute approximate surface area is 171 Å². The number of hydrogen-bond acceptors (Lipinski definition) is 2. The molecule has 0 spiro atoms. The Bertz CT molecular complexity index is 952. The molecule has 0 aliphatic rings. The summed E-state index contributed by atoms with van der Waals surface area (Å²) >= 11 is 5.35. The third-order valence-electron chi connectivity index (χ3n) is 4.83. The molecule has 1 amide bonds. The molecule has 3 aromatic carbocycles. The van der Waals surface area contributed by atoms with Crippen molar-refractivity contribution in [3.63, 3.8) is 0 Å². The van der Waals surface area contributed by atoms with Gasteiger partial charge in [-0.1, -0.05) is 74.5 Å². The fourth-order valence-electron chi connectivity index (χ4n) is 3.03. The van der Waals surface area contributed by atoms with E-state index in [4.69, 9.17) is 12.2 Å². The Morgan fingerprint density at radius 1 is 0.893 bits per heavy atom. The van der Waals surface area contributed by atoms with E-state index in [0.29, 0.717) is 16.6 Å². The molecule has 4 heteroatoms. The maximum absolute atomic E-state index is 12.5. The molecule has 3 aromatic rings. The first-order valence-electron chi connectivity index (χ1n) is 9.45. The van der Waals surface area contributed by atoms with Crippen molar-refractivity contribution in [1.82, 2.24) is 5.32 Å². The maximum atomic E-state index is 12.5. The molecule has 0 fully saturated rings. The number of rotatable bonds is 5. The fraction of sp³-hybridized carbons (Fsp3) is 0.167. The fourth-order valence-corrected chi connectivity index (χ4v) is 3.24. The molecule has 0 aliphatic carbocycles. The summed E-state index contributed by atoms with van der Waals surface area (Å²) in [7, 11) is 0. The number of nitrogens with one attached hydrogen (secondary N) is 2. The first kappa shape index (κ1) is 19.8. The highest BCUT2D eigenvalue weighted by Gasteiger charge is 2.12. The molecule has 28 heavy (non-hydrogen) atoms. The Morgan fingerprint density at radius 2 is 1.50 bits per heavy atom. The van der Waals surface area contributed by atoms with Gasteiger partial charge in [0.05, 0.1) is 0 Å². The van der Waals surface area contributed by atoms with Gasteiger partial charge < -0.3 is 5.32 Å². The van der Waals surface area contributed by atoms with Crippen LogP contribution in [0.1, 0.15) is 42.1 Å². The number of amides is 1. The molecular formula is C24H24N2OS.